The topological polar surface area (TPSA) is 57.5 Å². The first kappa shape index (κ1) is 22.0. The van der Waals surface area contributed by atoms with Gasteiger partial charge in [-0.05, 0) is 68.0 Å². The molecule has 0 saturated heterocycles. The number of rotatable bonds is 6. The third kappa shape index (κ3) is 3.92. The minimum atomic E-state index is -3.65. The summed E-state index contributed by atoms with van der Waals surface area (Å²) in [6.07, 6.45) is 3.38. The quantitative estimate of drug-likeness (QED) is 0.354. The largest absolute Gasteiger partial charge is 0.377 e. The summed E-state index contributed by atoms with van der Waals surface area (Å²) in [6.45, 7) is 1.98. The molecule has 3 aromatic rings. The number of benzene rings is 2. The normalized spacial score (nSPS) is 13.8. The summed E-state index contributed by atoms with van der Waals surface area (Å²) in [7, 11) is -0.899. The van der Waals surface area contributed by atoms with Gasteiger partial charge in [0.2, 0.25) is 5.78 Å². The maximum absolute atomic E-state index is 13.8. The van der Waals surface area contributed by atoms with Gasteiger partial charge in [0, 0.05) is 30.5 Å². The predicted molar refractivity (Wildman–Crippen MR) is 123 cm³/mol. The summed E-state index contributed by atoms with van der Waals surface area (Å²) in [5.74, 6) is -0.113. The van der Waals surface area contributed by atoms with Crippen molar-refractivity contribution in [2.75, 3.05) is 14.2 Å². The van der Waals surface area contributed by atoms with Crippen LogP contribution >= 0.6 is 19.2 Å². The van der Waals surface area contributed by atoms with E-state index in [-0.39, 0.29) is 5.78 Å². The molecule has 0 aliphatic heterocycles. The molecule has 162 valence electrons. The summed E-state index contributed by atoms with van der Waals surface area (Å²) in [6, 6.07) is 14.7. The van der Waals surface area contributed by atoms with Gasteiger partial charge in [-0.1, -0.05) is 41.4 Å². The highest BCUT2D eigenvalue weighted by Gasteiger charge is 2.39. The minimum Gasteiger partial charge on any atom is -0.308 e. The molecule has 31 heavy (non-hydrogen) atoms. The van der Waals surface area contributed by atoms with Crippen molar-refractivity contribution < 1.29 is 18.4 Å². The number of carbonyl (C=O) groups excluding carboxylic acids is 1. The molecule has 7 heteroatoms. The summed E-state index contributed by atoms with van der Waals surface area (Å²) in [5, 5.41) is 0.579. The Morgan fingerprint density at radius 2 is 1.52 bits per heavy atom. The Morgan fingerprint density at radius 3 is 2.10 bits per heavy atom. The third-order valence-corrected chi connectivity index (χ3v) is 8.01. The van der Waals surface area contributed by atoms with Crippen molar-refractivity contribution >= 4 is 30.4 Å². The van der Waals surface area contributed by atoms with E-state index < -0.39 is 7.60 Å². The molecular weight excluding hydrogens is 433 g/mol. The fourth-order valence-corrected chi connectivity index (χ4v) is 5.90. The summed E-state index contributed by atoms with van der Waals surface area (Å²) < 4.78 is 26.3. The van der Waals surface area contributed by atoms with Crippen LogP contribution in [0.5, 0.6) is 0 Å². The van der Waals surface area contributed by atoms with Crippen molar-refractivity contribution in [3.05, 3.63) is 81.5 Å². The van der Waals surface area contributed by atoms with E-state index in [1.807, 2.05) is 43.3 Å². The Morgan fingerprint density at radius 1 is 0.935 bits per heavy atom. The fourth-order valence-electron chi connectivity index (χ4n) is 4.25. The van der Waals surface area contributed by atoms with Crippen molar-refractivity contribution in [2.24, 2.45) is 0 Å². The molecule has 1 heterocycles. The van der Waals surface area contributed by atoms with Crippen LogP contribution in [-0.4, -0.2) is 24.6 Å². The lowest BCUT2D eigenvalue weighted by Crippen LogP contribution is -2.24. The van der Waals surface area contributed by atoms with Gasteiger partial charge < -0.3 is 9.05 Å². The van der Waals surface area contributed by atoms with Gasteiger partial charge in [0.1, 0.15) is 5.44 Å². The SMILES string of the molecule is COP(=O)(OC)c1c2c(c(C(=O)c3ccc(C)cc3)n1-c1ccc(Cl)cc1)CCCC2. The van der Waals surface area contributed by atoms with E-state index >= 15 is 0 Å². The van der Waals surface area contributed by atoms with Crippen LogP contribution in [0, 0.1) is 6.92 Å². The van der Waals surface area contributed by atoms with Crippen molar-refractivity contribution in [1.82, 2.24) is 4.57 Å². The van der Waals surface area contributed by atoms with Gasteiger partial charge >= 0.3 is 7.60 Å². The molecule has 0 amide bonds. The molecule has 0 saturated carbocycles. The third-order valence-electron chi connectivity index (χ3n) is 5.81. The average molecular weight is 458 g/mol. The maximum atomic E-state index is 13.8. The van der Waals surface area contributed by atoms with Gasteiger partial charge in [-0.15, -0.1) is 0 Å². The second-order valence-corrected chi connectivity index (χ2v) is 10.3. The van der Waals surface area contributed by atoms with E-state index in [2.05, 4.69) is 0 Å². The average Bonchev–Trinajstić information content (AvgIpc) is 3.15. The van der Waals surface area contributed by atoms with Crippen molar-refractivity contribution in [3.8, 4) is 5.69 Å². The second kappa shape index (κ2) is 8.76. The number of aromatic nitrogens is 1. The Kier molecular flexibility index (Phi) is 6.23. The minimum absolute atomic E-state index is 0.113. The summed E-state index contributed by atoms with van der Waals surface area (Å²) >= 11 is 6.12. The number of hydrogen-bond donors (Lipinski definition) is 0. The van der Waals surface area contributed by atoms with Crippen LogP contribution in [0.15, 0.2) is 48.5 Å². The van der Waals surface area contributed by atoms with E-state index in [9.17, 15) is 9.36 Å². The van der Waals surface area contributed by atoms with E-state index in [4.69, 9.17) is 20.6 Å². The number of ketones is 1. The number of fused-ring (bicyclic) bond motifs is 1. The van der Waals surface area contributed by atoms with Crippen LogP contribution in [0.1, 0.15) is 45.6 Å². The van der Waals surface area contributed by atoms with Crippen LogP contribution in [0.2, 0.25) is 5.02 Å². The lowest BCUT2D eigenvalue weighted by atomic mass is 9.91. The first-order chi connectivity index (χ1) is 14.9. The lowest BCUT2D eigenvalue weighted by Gasteiger charge is -2.20. The highest BCUT2D eigenvalue weighted by molar-refractivity contribution is 7.62. The van der Waals surface area contributed by atoms with Crippen LogP contribution in [0.3, 0.4) is 0 Å². The number of halogens is 1. The first-order valence-corrected chi connectivity index (χ1v) is 12.2. The highest BCUT2D eigenvalue weighted by Crippen LogP contribution is 2.49. The number of carbonyl (C=O) groups is 1. The van der Waals surface area contributed by atoms with Crippen LogP contribution in [-0.2, 0) is 26.5 Å². The molecule has 5 nitrogen and oxygen atoms in total. The standard InChI is InChI=1S/C24H25ClNO4P/c1-16-8-10-17(11-9-16)23(27)22-20-6-4-5-7-21(20)24(31(28,29-2)30-3)26(22)19-14-12-18(25)13-15-19/h8-15H,4-7H2,1-3H3. The van der Waals surface area contributed by atoms with Gasteiger partial charge in [0.05, 0.1) is 5.69 Å². The van der Waals surface area contributed by atoms with Crippen molar-refractivity contribution in [2.45, 2.75) is 32.6 Å². The molecule has 1 aromatic heterocycles. The highest BCUT2D eigenvalue weighted by atomic mass is 35.5. The van der Waals surface area contributed by atoms with Gasteiger partial charge in [-0.25, -0.2) is 0 Å². The van der Waals surface area contributed by atoms with E-state index in [0.717, 1.165) is 42.4 Å². The molecular formula is C24H25ClNO4P. The Labute approximate surface area is 187 Å². The molecule has 0 bridgehead atoms. The molecule has 0 radical (unpaired) electrons. The van der Waals surface area contributed by atoms with Gasteiger partial charge in [-0.3, -0.25) is 13.9 Å². The fraction of sp³-hybridized carbons (Fsp3) is 0.292. The predicted octanol–water partition coefficient (Wildman–Crippen LogP) is 5.66. The Bertz CT molecular complexity index is 1160. The number of nitrogens with zero attached hydrogens (tertiary/aromatic N) is 1. The van der Waals surface area contributed by atoms with Gasteiger partial charge in [0.25, 0.3) is 0 Å². The van der Waals surface area contributed by atoms with E-state index in [0.29, 0.717) is 27.4 Å². The molecule has 1 aliphatic carbocycles. The number of aryl methyl sites for hydroxylation is 1. The molecule has 4 rings (SSSR count). The molecule has 0 unspecified atom stereocenters. The Balaban J connectivity index is 2.07. The zero-order chi connectivity index (χ0) is 22.2. The molecule has 1 aliphatic rings. The van der Waals surface area contributed by atoms with E-state index in [1.165, 1.54) is 14.2 Å². The zero-order valence-corrected chi connectivity index (χ0v) is 19.5. The molecule has 0 spiro atoms. The second-order valence-electron chi connectivity index (χ2n) is 7.71. The molecule has 0 N–H and O–H groups in total. The van der Waals surface area contributed by atoms with Crippen molar-refractivity contribution in [1.29, 1.82) is 0 Å². The monoisotopic (exact) mass is 457 g/mol. The molecule has 0 fully saturated rings. The van der Waals surface area contributed by atoms with Gasteiger partial charge in [0.15, 0.2) is 0 Å². The summed E-state index contributed by atoms with van der Waals surface area (Å²) in [4.78, 5) is 13.8. The smallest absolute Gasteiger partial charge is 0.308 e. The zero-order valence-electron chi connectivity index (χ0n) is 17.9. The maximum Gasteiger partial charge on any atom is 0.377 e. The number of hydrogen-bond acceptors (Lipinski definition) is 4. The van der Waals surface area contributed by atoms with Crippen molar-refractivity contribution in [3.63, 3.8) is 0 Å². The van der Waals surface area contributed by atoms with Crippen LogP contribution < -0.4 is 5.44 Å². The van der Waals surface area contributed by atoms with Crippen LogP contribution in [0.4, 0.5) is 0 Å². The molecule has 2 aromatic carbocycles. The lowest BCUT2D eigenvalue weighted by molar-refractivity contribution is 0.103. The molecule has 0 atom stereocenters. The van der Waals surface area contributed by atoms with E-state index in [1.54, 1.807) is 16.7 Å². The van der Waals surface area contributed by atoms with Crippen LogP contribution in [0.25, 0.3) is 5.69 Å². The first-order valence-electron chi connectivity index (χ1n) is 10.3. The summed E-state index contributed by atoms with van der Waals surface area (Å²) in [5.41, 5.74) is 5.13. The van der Waals surface area contributed by atoms with Gasteiger partial charge in [-0.2, -0.15) is 0 Å². The Hall–Kier alpha value is -2.17.